The summed E-state index contributed by atoms with van der Waals surface area (Å²) in [4.78, 5) is 0. The molecule has 0 spiro atoms. The summed E-state index contributed by atoms with van der Waals surface area (Å²) < 4.78 is 5.09. The molecule has 2 heteroatoms. The fourth-order valence-corrected chi connectivity index (χ4v) is 4.93. The molecule has 118 valence electrons. The highest BCUT2D eigenvalue weighted by Crippen LogP contribution is 2.39. The van der Waals surface area contributed by atoms with E-state index in [1.807, 2.05) is 11.3 Å². The van der Waals surface area contributed by atoms with Crippen molar-refractivity contribution < 1.29 is 0 Å². The Morgan fingerprint density at radius 1 is 0.750 bits per heavy atom. The lowest BCUT2D eigenvalue weighted by atomic mass is 10.0. The van der Waals surface area contributed by atoms with Crippen LogP contribution < -0.4 is 0 Å². The SMILES string of the molecule is CC(C)c1ccc2c(c1)c1cc3sc4ccccc4c3cc1n2C. The van der Waals surface area contributed by atoms with Crippen LogP contribution >= 0.6 is 11.3 Å². The molecular formula is C22H19NS. The molecule has 0 aliphatic heterocycles. The van der Waals surface area contributed by atoms with Gasteiger partial charge in [0.05, 0.1) is 0 Å². The van der Waals surface area contributed by atoms with Gasteiger partial charge in [-0.3, -0.25) is 0 Å². The zero-order valence-corrected chi connectivity index (χ0v) is 14.9. The van der Waals surface area contributed by atoms with Gasteiger partial charge in [-0.15, -0.1) is 11.3 Å². The van der Waals surface area contributed by atoms with Crippen molar-refractivity contribution in [3.63, 3.8) is 0 Å². The van der Waals surface area contributed by atoms with Crippen LogP contribution in [0.3, 0.4) is 0 Å². The minimum atomic E-state index is 0.553. The van der Waals surface area contributed by atoms with Gasteiger partial charge in [0.2, 0.25) is 0 Å². The van der Waals surface area contributed by atoms with Crippen molar-refractivity contribution in [2.75, 3.05) is 0 Å². The second-order valence-electron chi connectivity index (χ2n) is 6.95. The number of rotatable bonds is 1. The number of nitrogens with zero attached hydrogens (tertiary/aromatic N) is 1. The Morgan fingerprint density at radius 3 is 2.38 bits per heavy atom. The van der Waals surface area contributed by atoms with Crippen molar-refractivity contribution in [1.29, 1.82) is 0 Å². The molecule has 0 radical (unpaired) electrons. The van der Waals surface area contributed by atoms with Crippen molar-refractivity contribution in [3.8, 4) is 0 Å². The van der Waals surface area contributed by atoms with Crippen LogP contribution in [0.2, 0.25) is 0 Å². The molecule has 0 N–H and O–H groups in total. The molecule has 0 aliphatic carbocycles. The Balaban J connectivity index is 1.96. The number of hydrogen-bond acceptors (Lipinski definition) is 1. The van der Waals surface area contributed by atoms with E-state index in [4.69, 9.17) is 0 Å². The van der Waals surface area contributed by atoms with Crippen LogP contribution in [0.25, 0.3) is 42.0 Å². The molecule has 2 aromatic heterocycles. The van der Waals surface area contributed by atoms with Crippen molar-refractivity contribution in [2.45, 2.75) is 19.8 Å². The van der Waals surface area contributed by atoms with Crippen molar-refractivity contribution in [1.82, 2.24) is 4.57 Å². The predicted octanol–water partition coefficient (Wildman–Crippen LogP) is 6.82. The third-order valence-electron chi connectivity index (χ3n) is 5.20. The number of fused-ring (bicyclic) bond motifs is 6. The molecule has 0 saturated carbocycles. The second kappa shape index (κ2) is 4.84. The Kier molecular flexibility index (Phi) is 2.84. The van der Waals surface area contributed by atoms with Crippen LogP contribution in [0.5, 0.6) is 0 Å². The van der Waals surface area contributed by atoms with Gasteiger partial charge in [-0.25, -0.2) is 0 Å². The third kappa shape index (κ3) is 1.81. The lowest BCUT2D eigenvalue weighted by molar-refractivity contribution is 0.868. The monoisotopic (exact) mass is 329 g/mol. The molecule has 5 aromatic rings. The lowest BCUT2D eigenvalue weighted by Gasteiger charge is -2.05. The normalized spacial score (nSPS) is 12.3. The standard InChI is InChI=1S/C22H19NS/c1-13(2)14-8-9-19-16(10-14)17-12-22-18(11-20(17)23(19)3)15-6-4-5-7-21(15)24-22/h4-13H,1-3H3. The van der Waals surface area contributed by atoms with E-state index in [2.05, 4.69) is 80.1 Å². The van der Waals surface area contributed by atoms with E-state index in [9.17, 15) is 0 Å². The average Bonchev–Trinajstić information content (AvgIpc) is 3.09. The minimum absolute atomic E-state index is 0.553. The molecular weight excluding hydrogens is 310 g/mol. The van der Waals surface area contributed by atoms with Gasteiger partial charge in [0.1, 0.15) is 0 Å². The first-order valence-electron chi connectivity index (χ1n) is 8.47. The summed E-state index contributed by atoms with van der Waals surface area (Å²) in [5.74, 6) is 0.553. The zero-order chi connectivity index (χ0) is 16.4. The topological polar surface area (TPSA) is 4.93 Å². The molecule has 0 unspecified atom stereocenters. The maximum atomic E-state index is 2.39. The minimum Gasteiger partial charge on any atom is -0.344 e. The fourth-order valence-electron chi connectivity index (χ4n) is 3.80. The molecule has 3 aromatic carbocycles. The first kappa shape index (κ1) is 14.1. The zero-order valence-electron chi connectivity index (χ0n) is 14.1. The van der Waals surface area contributed by atoms with E-state index in [1.165, 1.54) is 47.5 Å². The van der Waals surface area contributed by atoms with Gasteiger partial charge >= 0.3 is 0 Å². The summed E-state index contributed by atoms with van der Waals surface area (Å²) in [5.41, 5.74) is 4.05. The van der Waals surface area contributed by atoms with Crippen molar-refractivity contribution in [3.05, 3.63) is 60.2 Å². The Morgan fingerprint density at radius 2 is 1.54 bits per heavy atom. The predicted molar refractivity (Wildman–Crippen MR) is 107 cm³/mol. The van der Waals surface area contributed by atoms with Gasteiger partial charge in [-0.05, 0) is 41.8 Å². The highest BCUT2D eigenvalue weighted by Gasteiger charge is 2.13. The number of thiophene rings is 1. The first-order chi connectivity index (χ1) is 11.6. The highest BCUT2D eigenvalue weighted by molar-refractivity contribution is 7.25. The van der Waals surface area contributed by atoms with Crippen LogP contribution in [0.1, 0.15) is 25.3 Å². The Hall–Kier alpha value is -2.32. The van der Waals surface area contributed by atoms with Crippen molar-refractivity contribution >= 4 is 53.3 Å². The molecule has 0 fully saturated rings. The summed E-state index contributed by atoms with van der Waals surface area (Å²) in [6.07, 6.45) is 0. The summed E-state index contributed by atoms with van der Waals surface area (Å²) in [6.45, 7) is 4.52. The van der Waals surface area contributed by atoms with E-state index >= 15 is 0 Å². The van der Waals surface area contributed by atoms with Crippen LogP contribution in [0.4, 0.5) is 0 Å². The van der Waals surface area contributed by atoms with Gasteiger partial charge in [-0.1, -0.05) is 38.1 Å². The molecule has 0 saturated heterocycles. The van der Waals surface area contributed by atoms with Gasteiger partial charge < -0.3 is 4.57 Å². The summed E-state index contributed by atoms with van der Waals surface area (Å²) in [5, 5.41) is 5.48. The molecule has 24 heavy (non-hydrogen) atoms. The molecule has 0 atom stereocenters. The number of aromatic nitrogens is 1. The second-order valence-corrected chi connectivity index (χ2v) is 8.04. The lowest BCUT2D eigenvalue weighted by Crippen LogP contribution is -1.88. The van der Waals surface area contributed by atoms with E-state index in [0.717, 1.165) is 0 Å². The van der Waals surface area contributed by atoms with Gasteiger partial charge in [-0.2, -0.15) is 0 Å². The molecule has 5 rings (SSSR count). The quantitative estimate of drug-likeness (QED) is 0.318. The molecule has 1 nitrogen and oxygen atoms in total. The largest absolute Gasteiger partial charge is 0.344 e. The van der Waals surface area contributed by atoms with Crippen LogP contribution in [0, 0.1) is 0 Å². The number of aryl methyl sites for hydroxylation is 1. The smallest absolute Gasteiger partial charge is 0.0495 e. The third-order valence-corrected chi connectivity index (χ3v) is 6.33. The van der Waals surface area contributed by atoms with E-state index < -0.39 is 0 Å². The maximum absolute atomic E-state index is 2.39. The maximum Gasteiger partial charge on any atom is 0.0495 e. The van der Waals surface area contributed by atoms with Gasteiger partial charge in [0, 0.05) is 49.0 Å². The van der Waals surface area contributed by atoms with Gasteiger partial charge in [0.15, 0.2) is 0 Å². The summed E-state index contributed by atoms with van der Waals surface area (Å²) >= 11 is 1.90. The highest BCUT2D eigenvalue weighted by atomic mass is 32.1. The van der Waals surface area contributed by atoms with Crippen molar-refractivity contribution in [2.24, 2.45) is 7.05 Å². The van der Waals surface area contributed by atoms with Gasteiger partial charge in [0.25, 0.3) is 0 Å². The van der Waals surface area contributed by atoms with Crippen LogP contribution in [-0.4, -0.2) is 4.57 Å². The number of benzene rings is 3. The van der Waals surface area contributed by atoms with E-state index in [0.29, 0.717) is 5.92 Å². The van der Waals surface area contributed by atoms with E-state index in [-0.39, 0.29) is 0 Å². The molecule has 0 amide bonds. The molecule has 2 heterocycles. The first-order valence-corrected chi connectivity index (χ1v) is 9.28. The average molecular weight is 329 g/mol. The van der Waals surface area contributed by atoms with Crippen LogP contribution in [0.15, 0.2) is 54.6 Å². The van der Waals surface area contributed by atoms with E-state index in [1.54, 1.807) is 0 Å². The molecule has 0 bridgehead atoms. The summed E-state index contributed by atoms with van der Waals surface area (Å²) in [6, 6.07) is 20.4. The fraction of sp³-hybridized carbons (Fsp3) is 0.182. The Labute approximate surface area is 145 Å². The number of hydrogen-bond donors (Lipinski definition) is 0. The van der Waals surface area contributed by atoms with Crippen LogP contribution in [-0.2, 0) is 7.05 Å². The summed E-state index contributed by atoms with van der Waals surface area (Å²) in [7, 11) is 2.18. The molecule has 0 aliphatic rings. The Bertz CT molecular complexity index is 1240.